The number of carbonyl (C=O) groups excluding carboxylic acids is 1. The van der Waals surface area contributed by atoms with Crippen LogP contribution in [-0.2, 0) is 4.79 Å². The number of carbonyl (C=O) groups is 1. The van der Waals surface area contributed by atoms with E-state index in [-0.39, 0.29) is 11.9 Å². The molecule has 3 aromatic rings. The molecule has 4 heteroatoms. The summed E-state index contributed by atoms with van der Waals surface area (Å²) in [6, 6.07) is 25.0. The van der Waals surface area contributed by atoms with Crippen LogP contribution in [-0.4, -0.2) is 20.1 Å². The molecule has 1 amide bonds. The van der Waals surface area contributed by atoms with Crippen LogP contribution in [0.15, 0.2) is 84.9 Å². The summed E-state index contributed by atoms with van der Waals surface area (Å²) >= 11 is 0. The fourth-order valence-electron chi connectivity index (χ4n) is 2.98. The lowest BCUT2D eigenvalue weighted by molar-refractivity contribution is -0.116. The zero-order valence-electron chi connectivity index (χ0n) is 16.0. The molecule has 0 unspecified atom stereocenters. The second kappa shape index (κ2) is 9.42. The maximum atomic E-state index is 12.7. The molecule has 3 rings (SSSR count). The molecule has 0 saturated carbocycles. The monoisotopic (exact) mass is 373 g/mol. The molecule has 28 heavy (non-hydrogen) atoms. The third-order valence-electron chi connectivity index (χ3n) is 4.40. The van der Waals surface area contributed by atoms with E-state index in [4.69, 9.17) is 9.47 Å². The van der Waals surface area contributed by atoms with Crippen molar-refractivity contribution in [1.82, 2.24) is 5.32 Å². The SMILES string of the molecule is COc1ccc(OC)c(/C=C/C(=O)NC(c2ccccc2)c2ccccc2)c1. The van der Waals surface area contributed by atoms with Gasteiger partial charge in [-0.3, -0.25) is 4.79 Å². The molecule has 0 fully saturated rings. The van der Waals surface area contributed by atoms with E-state index < -0.39 is 0 Å². The Bertz CT molecular complexity index is 897. The predicted molar refractivity (Wildman–Crippen MR) is 111 cm³/mol. The number of benzene rings is 3. The van der Waals surface area contributed by atoms with Crippen LogP contribution in [0.3, 0.4) is 0 Å². The standard InChI is InChI=1S/C24H23NO3/c1-27-21-14-15-22(28-2)20(17-21)13-16-23(26)25-24(18-9-5-3-6-10-18)19-11-7-4-8-12-19/h3-17,24H,1-2H3,(H,25,26)/b16-13+. The van der Waals surface area contributed by atoms with Crippen LogP contribution in [0.1, 0.15) is 22.7 Å². The van der Waals surface area contributed by atoms with E-state index in [1.54, 1.807) is 20.3 Å². The van der Waals surface area contributed by atoms with Gasteiger partial charge in [0.05, 0.1) is 20.3 Å². The first-order chi connectivity index (χ1) is 13.7. The number of rotatable bonds is 7. The highest BCUT2D eigenvalue weighted by Crippen LogP contribution is 2.25. The van der Waals surface area contributed by atoms with Gasteiger partial charge in [-0.15, -0.1) is 0 Å². The Morgan fingerprint density at radius 1 is 0.857 bits per heavy atom. The van der Waals surface area contributed by atoms with E-state index in [2.05, 4.69) is 5.32 Å². The fraction of sp³-hybridized carbons (Fsp3) is 0.125. The lowest BCUT2D eigenvalue weighted by Crippen LogP contribution is -2.27. The summed E-state index contributed by atoms with van der Waals surface area (Å²) in [4.78, 5) is 12.7. The molecule has 0 aliphatic rings. The maximum Gasteiger partial charge on any atom is 0.244 e. The zero-order valence-corrected chi connectivity index (χ0v) is 16.0. The van der Waals surface area contributed by atoms with Crippen molar-refractivity contribution in [2.45, 2.75) is 6.04 Å². The first-order valence-electron chi connectivity index (χ1n) is 9.01. The quantitative estimate of drug-likeness (QED) is 0.615. The number of amides is 1. The van der Waals surface area contributed by atoms with Crippen molar-refractivity contribution in [2.75, 3.05) is 14.2 Å². The van der Waals surface area contributed by atoms with E-state index in [9.17, 15) is 4.79 Å². The Balaban J connectivity index is 1.82. The highest BCUT2D eigenvalue weighted by atomic mass is 16.5. The van der Waals surface area contributed by atoms with Crippen molar-refractivity contribution in [3.63, 3.8) is 0 Å². The summed E-state index contributed by atoms with van der Waals surface area (Å²) in [6.07, 6.45) is 3.24. The van der Waals surface area contributed by atoms with Gasteiger partial charge in [0, 0.05) is 11.6 Å². The third-order valence-corrected chi connectivity index (χ3v) is 4.40. The highest BCUT2D eigenvalue weighted by Gasteiger charge is 2.15. The Hall–Kier alpha value is -3.53. The molecule has 4 nitrogen and oxygen atoms in total. The molecule has 0 saturated heterocycles. The molecule has 0 heterocycles. The molecule has 0 aliphatic heterocycles. The van der Waals surface area contributed by atoms with Gasteiger partial charge >= 0.3 is 0 Å². The van der Waals surface area contributed by atoms with Crippen LogP contribution in [0.4, 0.5) is 0 Å². The number of hydrogen-bond acceptors (Lipinski definition) is 3. The molecular weight excluding hydrogens is 350 g/mol. The van der Waals surface area contributed by atoms with Gasteiger partial charge in [0.2, 0.25) is 5.91 Å². The first-order valence-corrected chi connectivity index (χ1v) is 9.01. The molecule has 1 N–H and O–H groups in total. The number of hydrogen-bond donors (Lipinski definition) is 1. The molecule has 0 aromatic heterocycles. The minimum atomic E-state index is -0.230. The van der Waals surface area contributed by atoms with Gasteiger partial charge in [0.15, 0.2) is 0 Å². The molecule has 0 spiro atoms. The molecule has 0 atom stereocenters. The molecule has 0 aliphatic carbocycles. The lowest BCUT2D eigenvalue weighted by atomic mass is 9.98. The normalized spacial score (nSPS) is 10.8. The van der Waals surface area contributed by atoms with Crippen LogP contribution in [0.25, 0.3) is 6.08 Å². The number of ether oxygens (including phenoxy) is 2. The lowest BCUT2D eigenvalue weighted by Gasteiger charge is -2.19. The Kier molecular flexibility index (Phi) is 6.47. The summed E-state index contributed by atoms with van der Waals surface area (Å²) in [6.45, 7) is 0. The van der Waals surface area contributed by atoms with E-state index in [1.165, 1.54) is 6.08 Å². The Morgan fingerprint density at radius 3 is 2.00 bits per heavy atom. The van der Waals surface area contributed by atoms with Crippen molar-refractivity contribution in [3.8, 4) is 11.5 Å². The molecular formula is C24H23NO3. The third kappa shape index (κ3) is 4.80. The molecule has 3 aromatic carbocycles. The van der Waals surface area contributed by atoms with E-state index in [0.717, 1.165) is 16.7 Å². The zero-order chi connectivity index (χ0) is 19.8. The minimum Gasteiger partial charge on any atom is -0.497 e. The van der Waals surface area contributed by atoms with Gasteiger partial charge in [-0.2, -0.15) is 0 Å². The van der Waals surface area contributed by atoms with Crippen LogP contribution in [0.5, 0.6) is 11.5 Å². The van der Waals surface area contributed by atoms with Crippen LogP contribution in [0.2, 0.25) is 0 Å². The van der Waals surface area contributed by atoms with Gasteiger partial charge in [0.1, 0.15) is 11.5 Å². The van der Waals surface area contributed by atoms with Crippen LogP contribution < -0.4 is 14.8 Å². The van der Waals surface area contributed by atoms with Crippen molar-refractivity contribution in [1.29, 1.82) is 0 Å². The van der Waals surface area contributed by atoms with Crippen molar-refractivity contribution < 1.29 is 14.3 Å². The smallest absolute Gasteiger partial charge is 0.244 e. The minimum absolute atomic E-state index is 0.192. The van der Waals surface area contributed by atoms with Crippen molar-refractivity contribution in [3.05, 3.63) is 102 Å². The summed E-state index contributed by atoms with van der Waals surface area (Å²) in [5.41, 5.74) is 2.82. The first kappa shape index (κ1) is 19.2. The summed E-state index contributed by atoms with van der Waals surface area (Å²) in [5, 5.41) is 3.09. The van der Waals surface area contributed by atoms with Crippen LogP contribution >= 0.6 is 0 Å². The van der Waals surface area contributed by atoms with E-state index in [0.29, 0.717) is 11.5 Å². The summed E-state index contributed by atoms with van der Waals surface area (Å²) in [7, 11) is 3.20. The maximum absolute atomic E-state index is 12.7. The second-order valence-electron chi connectivity index (χ2n) is 6.20. The largest absolute Gasteiger partial charge is 0.497 e. The van der Waals surface area contributed by atoms with E-state index >= 15 is 0 Å². The second-order valence-corrected chi connectivity index (χ2v) is 6.20. The van der Waals surface area contributed by atoms with Gasteiger partial charge in [-0.05, 0) is 35.4 Å². The number of nitrogens with one attached hydrogen (secondary N) is 1. The molecule has 0 bridgehead atoms. The fourth-order valence-corrected chi connectivity index (χ4v) is 2.98. The number of methoxy groups -OCH3 is 2. The predicted octanol–water partition coefficient (Wildman–Crippen LogP) is 4.62. The average Bonchev–Trinajstić information content (AvgIpc) is 2.77. The molecule has 0 radical (unpaired) electrons. The molecule has 142 valence electrons. The van der Waals surface area contributed by atoms with Crippen molar-refractivity contribution in [2.24, 2.45) is 0 Å². The van der Waals surface area contributed by atoms with Crippen LogP contribution in [0, 0.1) is 0 Å². The summed E-state index contributed by atoms with van der Waals surface area (Å²) < 4.78 is 10.6. The van der Waals surface area contributed by atoms with Gasteiger partial charge in [-0.25, -0.2) is 0 Å². The van der Waals surface area contributed by atoms with Gasteiger partial charge < -0.3 is 14.8 Å². The Labute approximate surface area is 165 Å². The van der Waals surface area contributed by atoms with Gasteiger partial charge in [0.25, 0.3) is 0 Å². The van der Waals surface area contributed by atoms with E-state index in [1.807, 2.05) is 78.9 Å². The topological polar surface area (TPSA) is 47.6 Å². The van der Waals surface area contributed by atoms with Gasteiger partial charge in [-0.1, -0.05) is 60.7 Å². The average molecular weight is 373 g/mol. The Morgan fingerprint density at radius 2 is 1.46 bits per heavy atom. The van der Waals surface area contributed by atoms with Crippen molar-refractivity contribution >= 4 is 12.0 Å². The summed E-state index contributed by atoms with van der Waals surface area (Å²) in [5.74, 6) is 1.18. The highest BCUT2D eigenvalue weighted by molar-refractivity contribution is 5.92.